The number of aromatic carboxylic acids is 1. The fraction of sp³-hybridized carbons (Fsp3) is 0.429. The molecular formula is C14H16N2O3. The highest BCUT2D eigenvalue weighted by Crippen LogP contribution is 2.32. The summed E-state index contributed by atoms with van der Waals surface area (Å²) in [6.07, 6.45) is 0.944. The van der Waals surface area contributed by atoms with Crippen molar-refractivity contribution in [1.29, 1.82) is 0 Å². The maximum atomic E-state index is 11.0. The molecule has 0 amide bonds. The third kappa shape index (κ3) is 1.81. The van der Waals surface area contributed by atoms with Gasteiger partial charge in [-0.2, -0.15) is 0 Å². The van der Waals surface area contributed by atoms with Gasteiger partial charge < -0.3 is 14.4 Å². The average Bonchev–Trinajstić information content (AvgIpc) is 2.91. The van der Waals surface area contributed by atoms with Crippen molar-refractivity contribution >= 4 is 17.0 Å². The number of aryl methyl sites for hydroxylation is 1. The summed E-state index contributed by atoms with van der Waals surface area (Å²) in [5.74, 6) is -0.0324. The van der Waals surface area contributed by atoms with Crippen molar-refractivity contribution in [1.82, 2.24) is 9.55 Å². The molecule has 1 atom stereocenters. The maximum absolute atomic E-state index is 11.0. The van der Waals surface area contributed by atoms with Gasteiger partial charge in [0.05, 0.1) is 28.7 Å². The lowest BCUT2D eigenvalue weighted by Crippen LogP contribution is -2.31. The van der Waals surface area contributed by atoms with E-state index in [4.69, 9.17) is 9.84 Å². The summed E-state index contributed by atoms with van der Waals surface area (Å²) in [5.41, 5.74) is 1.87. The molecule has 0 aliphatic carbocycles. The Kier molecular flexibility index (Phi) is 2.60. The number of fused-ring (bicyclic) bond motifs is 1. The van der Waals surface area contributed by atoms with Crippen LogP contribution < -0.4 is 0 Å². The quantitative estimate of drug-likeness (QED) is 0.898. The molecule has 100 valence electrons. The highest BCUT2D eigenvalue weighted by Gasteiger charge is 2.34. The van der Waals surface area contributed by atoms with Gasteiger partial charge >= 0.3 is 5.97 Å². The number of aromatic nitrogens is 2. The smallest absolute Gasteiger partial charge is 0.335 e. The topological polar surface area (TPSA) is 64.3 Å². The fourth-order valence-corrected chi connectivity index (χ4v) is 2.85. The predicted octanol–water partition coefficient (Wildman–Crippen LogP) is 2.18. The molecule has 19 heavy (non-hydrogen) atoms. The third-order valence-corrected chi connectivity index (χ3v) is 3.81. The molecule has 1 aromatic carbocycles. The molecule has 5 heteroatoms. The number of imidazole rings is 1. The molecule has 2 heterocycles. The van der Waals surface area contributed by atoms with E-state index < -0.39 is 5.97 Å². The number of nitrogens with zero attached hydrogens (tertiary/aromatic N) is 2. The van der Waals surface area contributed by atoms with Gasteiger partial charge in [-0.15, -0.1) is 0 Å². The molecule has 1 unspecified atom stereocenters. The first-order chi connectivity index (χ1) is 9.01. The summed E-state index contributed by atoms with van der Waals surface area (Å²) >= 11 is 0. The lowest BCUT2D eigenvalue weighted by molar-refractivity contribution is 0.0697. The van der Waals surface area contributed by atoms with Crippen LogP contribution in [-0.2, 0) is 10.3 Å². The molecule has 1 aliphatic rings. The summed E-state index contributed by atoms with van der Waals surface area (Å²) in [5, 5.41) is 9.03. The van der Waals surface area contributed by atoms with E-state index in [1.807, 2.05) is 13.0 Å². The predicted molar refractivity (Wildman–Crippen MR) is 70.5 cm³/mol. The largest absolute Gasteiger partial charge is 0.478 e. The van der Waals surface area contributed by atoms with Gasteiger partial charge in [-0.05, 0) is 38.5 Å². The van der Waals surface area contributed by atoms with Crippen LogP contribution >= 0.6 is 0 Å². The Morgan fingerprint density at radius 1 is 1.53 bits per heavy atom. The average molecular weight is 260 g/mol. The van der Waals surface area contributed by atoms with Crippen LogP contribution in [0.3, 0.4) is 0 Å². The Morgan fingerprint density at radius 2 is 2.32 bits per heavy atom. The number of hydrogen-bond acceptors (Lipinski definition) is 3. The first kappa shape index (κ1) is 12.2. The van der Waals surface area contributed by atoms with Crippen LogP contribution in [-0.4, -0.2) is 33.8 Å². The first-order valence-electron chi connectivity index (χ1n) is 6.32. The van der Waals surface area contributed by atoms with Gasteiger partial charge in [-0.25, -0.2) is 9.78 Å². The van der Waals surface area contributed by atoms with Gasteiger partial charge in [0.1, 0.15) is 5.82 Å². The first-order valence-corrected chi connectivity index (χ1v) is 6.32. The molecule has 0 bridgehead atoms. The van der Waals surface area contributed by atoms with Gasteiger partial charge in [-0.3, -0.25) is 0 Å². The lowest BCUT2D eigenvalue weighted by Gasteiger charge is -2.26. The molecule has 0 spiro atoms. The van der Waals surface area contributed by atoms with E-state index in [-0.39, 0.29) is 11.1 Å². The van der Waals surface area contributed by atoms with Crippen molar-refractivity contribution in [2.45, 2.75) is 25.8 Å². The van der Waals surface area contributed by atoms with E-state index in [0.29, 0.717) is 6.61 Å². The zero-order valence-corrected chi connectivity index (χ0v) is 11.0. The van der Waals surface area contributed by atoms with Crippen LogP contribution in [0.1, 0.15) is 29.5 Å². The van der Waals surface area contributed by atoms with E-state index in [9.17, 15) is 4.79 Å². The van der Waals surface area contributed by atoms with Crippen LogP contribution in [0, 0.1) is 6.92 Å². The van der Waals surface area contributed by atoms with Gasteiger partial charge in [0, 0.05) is 6.61 Å². The molecule has 1 aliphatic heterocycles. The Labute approximate surface area is 110 Å². The van der Waals surface area contributed by atoms with Crippen LogP contribution in [0.15, 0.2) is 18.2 Å². The fourth-order valence-electron chi connectivity index (χ4n) is 2.85. The number of hydrogen-bond donors (Lipinski definition) is 1. The van der Waals surface area contributed by atoms with E-state index in [2.05, 4.69) is 16.5 Å². The summed E-state index contributed by atoms with van der Waals surface area (Å²) < 4.78 is 7.67. The minimum absolute atomic E-state index is 0.0937. The molecule has 1 aromatic heterocycles. The number of ether oxygens (including phenoxy) is 1. The second kappa shape index (κ2) is 4.06. The van der Waals surface area contributed by atoms with Crippen molar-refractivity contribution in [3.63, 3.8) is 0 Å². The molecule has 2 aromatic rings. The van der Waals surface area contributed by atoms with E-state index in [1.54, 1.807) is 12.1 Å². The number of benzene rings is 1. The molecule has 0 radical (unpaired) electrons. The van der Waals surface area contributed by atoms with Gasteiger partial charge in [-0.1, -0.05) is 0 Å². The van der Waals surface area contributed by atoms with Crippen molar-refractivity contribution in [2.24, 2.45) is 0 Å². The second-order valence-electron chi connectivity index (χ2n) is 5.30. The molecule has 1 saturated heterocycles. The summed E-state index contributed by atoms with van der Waals surface area (Å²) in [4.78, 5) is 15.5. The molecule has 0 saturated carbocycles. The summed E-state index contributed by atoms with van der Waals surface area (Å²) in [7, 11) is 0. The number of carboxylic acids is 1. The van der Waals surface area contributed by atoms with Crippen molar-refractivity contribution in [3.05, 3.63) is 29.6 Å². The van der Waals surface area contributed by atoms with Crippen LogP contribution in [0.4, 0.5) is 0 Å². The lowest BCUT2D eigenvalue weighted by atomic mass is 10.0. The Balaban J connectivity index is 2.20. The molecular weight excluding hydrogens is 244 g/mol. The van der Waals surface area contributed by atoms with Gasteiger partial charge in [0.15, 0.2) is 0 Å². The van der Waals surface area contributed by atoms with Crippen LogP contribution in [0.5, 0.6) is 0 Å². The highest BCUT2D eigenvalue weighted by molar-refractivity contribution is 5.92. The van der Waals surface area contributed by atoms with Crippen molar-refractivity contribution in [3.8, 4) is 0 Å². The Hall–Kier alpha value is -1.88. The minimum Gasteiger partial charge on any atom is -0.478 e. The van der Waals surface area contributed by atoms with E-state index in [0.717, 1.165) is 29.9 Å². The maximum Gasteiger partial charge on any atom is 0.335 e. The number of rotatable bonds is 2. The van der Waals surface area contributed by atoms with Crippen LogP contribution in [0.25, 0.3) is 11.0 Å². The number of carboxylic acid groups (broad SMARTS) is 1. The second-order valence-corrected chi connectivity index (χ2v) is 5.30. The van der Waals surface area contributed by atoms with Crippen molar-refractivity contribution < 1.29 is 14.6 Å². The molecule has 1 fully saturated rings. The normalized spacial score (nSPS) is 23.1. The summed E-state index contributed by atoms with van der Waals surface area (Å²) in [6, 6.07) is 5.09. The monoisotopic (exact) mass is 260 g/mol. The zero-order chi connectivity index (χ0) is 13.6. The SMILES string of the molecule is Cc1nc2cc(C(=O)O)ccc2n1C1(C)CCOC1. The highest BCUT2D eigenvalue weighted by atomic mass is 16.5. The summed E-state index contributed by atoms with van der Waals surface area (Å²) in [6.45, 7) is 5.52. The minimum atomic E-state index is -0.926. The molecule has 1 N–H and O–H groups in total. The Morgan fingerprint density at radius 3 is 2.95 bits per heavy atom. The van der Waals surface area contributed by atoms with Crippen molar-refractivity contribution in [2.75, 3.05) is 13.2 Å². The zero-order valence-electron chi connectivity index (χ0n) is 11.0. The van der Waals surface area contributed by atoms with E-state index >= 15 is 0 Å². The van der Waals surface area contributed by atoms with Gasteiger partial charge in [0.2, 0.25) is 0 Å². The van der Waals surface area contributed by atoms with Crippen LogP contribution in [0.2, 0.25) is 0 Å². The molecule has 5 nitrogen and oxygen atoms in total. The third-order valence-electron chi connectivity index (χ3n) is 3.81. The number of carbonyl (C=O) groups is 1. The Bertz CT molecular complexity index is 654. The standard InChI is InChI=1S/C14H16N2O3/c1-9-15-11-7-10(13(17)18)3-4-12(11)16(9)14(2)5-6-19-8-14/h3-4,7H,5-6,8H2,1-2H3,(H,17,18). The van der Waals surface area contributed by atoms with Gasteiger partial charge in [0.25, 0.3) is 0 Å². The van der Waals surface area contributed by atoms with E-state index in [1.165, 1.54) is 0 Å². The molecule has 3 rings (SSSR count).